The Morgan fingerprint density at radius 2 is 1.75 bits per heavy atom. The number of hydrogen-bond donors (Lipinski definition) is 1. The zero-order valence-corrected chi connectivity index (χ0v) is 19.2. The molecule has 0 atom stereocenters. The van der Waals surface area contributed by atoms with Crippen molar-refractivity contribution >= 4 is 23.6 Å². The number of piperidine rings is 1. The van der Waals surface area contributed by atoms with Gasteiger partial charge in [-0.25, -0.2) is 0 Å². The number of hydrogen-bond acceptors (Lipinski definition) is 5. The lowest BCUT2D eigenvalue weighted by Gasteiger charge is -2.32. The maximum atomic E-state index is 13.3. The molecule has 166 valence electrons. The number of benzene rings is 2. The summed E-state index contributed by atoms with van der Waals surface area (Å²) in [5, 5.41) is 7.11. The zero-order valence-electron chi connectivity index (χ0n) is 18.3. The maximum absolute atomic E-state index is 13.3. The molecule has 32 heavy (non-hydrogen) atoms. The van der Waals surface area contributed by atoms with Gasteiger partial charge in [0.05, 0.1) is 11.3 Å². The number of amides is 2. The molecular weight excluding hydrogens is 422 g/mol. The van der Waals surface area contributed by atoms with Crippen LogP contribution in [0.5, 0.6) is 0 Å². The molecule has 0 radical (unpaired) electrons. The fourth-order valence-electron chi connectivity index (χ4n) is 3.88. The van der Waals surface area contributed by atoms with Crippen molar-refractivity contribution in [3.05, 3.63) is 82.7 Å². The number of nitrogens with zero attached hydrogens (tertiary/aromatic N) is 2. The highest BCUT2D eigenvalue weighted by atomic mass is 32.2. The first-order chi connectivity index (χ1) is 15.5. The topological polar surface area (TPSA) is 75.4 Å². The third-order valence-electron chi connectivity index (χ3n) is 5.82. The molecule has 4 rings (SSSR count). The molecule has 0 saturated carbocycles. The molecule has 7 heteroatoms. The third-order valence-corrected chi connectivity index (χ3v) is 6.92. The zero-order chi connectivity index (χ0) is 22.5. The molecule has 0 bridgehead atoms. The van der Waals surface area contributed by atoms with E-state index in [2.05, 4.69) is 10.5 Å². The lowest BCUT2D eigenvalue weighted by atomic mass is 10.0. The summed E-state index contributed by atoms with van der Waals surface area (Å²) in [5.41, 5.74) is 3.34. The molecule has 1 aliphatic heterocycles. The van der Waals surface area contributed by atoms with Crippen LogP contribution in [0.4, 0.5) is 0 Å². The second-order valence-corrected chi connectivity index (χ2v) is 9.01. The van der Waals surface area contributed by atoms with Gasteiger partial charge in [-0.05, 0) is 51.0 Å². The number of carbonyl (C=O) groups is 2. The predicted molar refractivity (Wildman–Crippen MR) is 125 cm³/mol. The van der Waals surface area contributed by atoms with Crippen LogP contribution < -0.4 is 5.32 Å². The number of rotatable bonds is 6. The smallest absolute Gasteiger partial charge is 0.254 e. The number of nitrogens with one attached hydrogen (secondary N) is 1. The van der Waals surface area contributed by atoms with E-state index in [9.17, 15) is 9.59 Å². The largest absolute Gasteiger partial charge is 0.361 e. The number of thioether (sulfide) groups is 1. The Labute approximate surface area is 192 Å². The van der Waals surface area contributed by atoms with Gasteiger partial charge in [0.1, 0.15) is 5.76 Å². The van der Waals surface area contributed by atoms with E-state index in [-0.39, 0.29) is 17.9 Å². The van der Waals surface area contributed by atoms with Gasteiger partial charge >= 0.3 is 0 Å². The van der Waals surface area contributed by atoms with E-state index in [0.29, 0.717) is 24.4 Å². The van der Waals surface area contributed by atoms with Crippen LogP contribution in [0, 0.1) is 13.8 Å². The predicted octanol–water partition coefficient (Wildman–Crippen LogP) is 4.62. The van der Waals surface area contributed by atoms with Crippen LogP contribution >= 0.6 is 11.8 Å². The Bertz CT molecular complexity index is 1070. The molecule has 1 saturated heterocycles. The molecule has 2 aromatic carbocycles. The first-order valence-electron chi connectivity index (χ1n) is 10.8. The highest BCUT2D eigenvalue weighted by Gasteiger charge is 2.26. The normalized spacial score (nSPS) is 14.4. The second-order valence-electron chi connectivity index (χ2n) is 7.99. The summed E-state index contributed by atoms with van der Waals surface area (Å²) < 4.78 is 5.25. The Morgan fingerprint density at radius 1 is 1.06 bits per heavy atom. The van der Waals surface area contributed by atoms with Gasteiger partial charge in [0.2, 0.25) is 0 Å². The monoisotopic (exact) mass is 449 g/mol. The molecule has 2 amide bonds. The van der Waals surface area contributed by atoms with E-state index in [1.165, 1.54) is 0 Å². The average molecular weight is 450 g/mol. The van der Waals surface area contributed by atoms with Crippen LogP contribution in [-0.2, 0) is 5.75 Å². The molecule has 1 N–H and O–H groups in total. The van der Waals surface area contributed by atoms with Crippen molar-refractivity contribution in [1.29, 1.82) is 0 Å². The summed E-state index contributed by atoms with van der Waals surface area (Å²) in [6.45, 7) is 5.10. The molecule has 0 unspecified atom stereocenters. The van der Waals surface area contributed by atoms with E-state index in [4.69, 9.17) is 4.52 Å². The van der Waals surface area contributed by atoms with Gasteiger partial charge < -0.3 is 14.7 Å². The molecule has 2 heterocycles. The van der Waals surface area contributed by atoms with Crippen molar-refractivity contribution in [3.8, 4) is 0 Å². The van der Waals surface area contributed by atoms with Crippen LogP contribution in [0.2, 0.25) is 0 Å². The Morgan fingerprint density at radius 3 is 2.44 bits per heavy atom. The fraction of sp³-hybridized carbons (Fsp3) is 0.320. The minimum Gasteiger partial charge on any atom is -0.361 e. The Hall–Kier alpha value is -3.06. The average Bonchev–Trinajstić information content (AvgIpc) is 3.15. The standard InChI is InChI=1S/C25H27N3O3S/c1-17-22(18(2)31-27-17)16-32-23-11-7-6-10-21(23)25(30)28-14-12-20(13-15-28)26-24(29)19-8-4-3-5-9-19/h3-11,20H,12-16H2,1-2H3,(H,26,29). The molecule has 6 nitrogen and oxygen atoms in total. The quantitative estimate of drug-likeness (QED) is 0.556. The summed E-state index contributed by atoms with van der Waals surface area (Å²) in [6, 6.07) is 17.1. The van der Waals surface area contributed by atoms with Crippen molar-refractivity contribution in [2.24, 2.45) is 0 Å². The van der Waals surface area contributed by atoms with Gasteiger partial charge in [0.15, 0.2) is 0 Å². The molecule has 3 aromatic rings. The van der Waals surface area contributed by atoms with Crippen LogP contribution in [0.15, 0.2) is 64.0 Å². The van der Waals surface area contributed by atoms with Crippen molar-refractivity contribution in [2.75, 3.05) is 13.1 Å². The molecule has 1 aromatic heterocycles. The first-order valence-corrected chi connectivity index (χ1v) is 11.8. The van der Waals surface area contributed by atoms with Gasteiger partial charge in [-0.3, -0.25) is 9.59 Å². The minimum absolute atomic E-state index is 0.0414. The Kier molecular flexibility index (Phi) is 6.95. The molecule has 0 spiro atoms. The van der Waals surface area contributed by atoms with Crippen LogP contribution in [0.25, 0.3) is 0 Å². The van der Waals surface area contributed by atoms with Crippen LogP contribution in [0.1, 0.15) is 50.6 Å². The van der Waals surface area contributed by atoms with Crippen LogP contribution in [-0.4, -0.2) is 41.0 Å². The SMILES string of the molecule is Cc1noc(C)c1CSc1ccccc1C(=O)N1CCC(NC(=O)c2ccccc2)CC1. The summed E-state index contributed by atoms with van der Waals surface area (Å²) in [4.78, 5) is 28.5. The molecule has 1 aliphatic rings. The van der Waals surface area contributed by atoms with E-state index in [1.807, 2.05) is 73.3 Å². The van der Waals surface area contributed by atoms with Crippen molar-refractivity contribution < 1.29 is 14.1 Å². The van der Waals surface area contributed by atoms with Crippen LogP contribution in [0.3, 0.4) is 0 Å². The Balaban J connectivity index is 1.36. The van der Waals surface area contributed by atoms with Crippen molar-refractivity contribution in [1.82, 2.24) is 15.4 Å². The van der Waals surface area contributed by atoms with Crippen molar-refractivity contribution in [3.63, 3.8) is 0 Å². The fourth-order valence-corrected chi connectivity index (χ4v) is 5.08. The lowest BCUT2D eigenvalue weighted by molar-refractivity contribution is 0.0694. The summed E-state index contributed by atoms with van der Waals surface area (Å²) in [7, 11) is 0. The lowest BCUT2D eigenvalue weighted by Crippen LogP contribution is -2.46. The summed E-state index contributed by atoms with van der Waals surface area (Å²) in [5.74, 6) is 1.51. The van der Waals surface area contributed by atoms with E-state index in [1.54, 1.807) is 11.8 Å². The van der Waals surface area contributed by atoms with Crippen molar-refractivity contribution in [2.45, 2.75) is 43.4 Å². The van der Waals surface area contributed by atoms with Gasteiger partial charge in [0, 0.05) is 40.9 Å². The van der Waals surface area contributed by atoms with Gasteiger partial charge in [0.25, 0.3) is 11.8 Å². The number of aromatic nitrogens is 1. The molecule has 1 fully saturated rings. The van der Waals surface area contributed by atoms with Gasteiger partial charge in [-0.2, -0.15) is 0 Å². The first kappa shape index (κ1) is 22.1. The van der Waals surface area contributed by atoms with Gasteiger partial charge in [-0.15, -0.1) is 11.8 Å². The molecule has 0 aliphatic carbocycles. The van der Waals surface area contributed by atoms with Gasteiger partial charge in [-0.1, -0.05) is 35.5 Å². The van der Waals surface area contributed by atoms with E-state index in [0.717, 1.165) is 40.3 Å². The summed E-state index contributed by atoms with van der Waals surface area (Å²) >= 11 is 1.63. The number of likely N-dealkylation sites (tertiary alicyclic amines) is 1. The highest BCUT2D eigenvalue weighted by molar-refractivity contribution is 7.98. The highest BCUT2D eigenvalue weighted by Crippen LogP contribution is 2.30. The number of aryl methyl sites for hydroxylation is 2. The summed E-state index contributed by atoms with van der Waals surface area (Å²) in [6.07, 6.45) is 1.50. The minimum atomic E-state index is -0.0588. The number of carbonyl (C=O) groups excluding carboxylic acids is 2. The molecular formula is C25H27N3O3S. The van der Waals surface area contributed by atoms with E-state index < -0.39 is 0 Å². The van der Waals surface area contributed by atoms with E-state index >= 15 is 0 Å². The maximum Gasteiger partial charge on any atom is 0.254 e. The third kappa shape index (κ3) is 5.05. The second kappa shape index (κ2) is 10.0.